The molecule has 3 amide bonds. The number of nitrogens with one attached hydrogen (secondary N) is 2. The first-order valence-electron chi connectivity index (χ1n) is 10.7. The maximum Gasteiger partial charge on any atom is 0.312 e. The maximum absolute atomic E-state index is 12.8. The SMILES string of the molecule is CC(C)(C)C(=O)OCc1ccc(NC(=O)[C@H](CCCNC(N)=O)CC(=O)CCC(=O)O)cc1. The Bertz CT molecular complexity index is 845. The first-order chi connectivity index (χ1) is 15.4. The molecule has 10 nitrogen and oxygen atoms in total. The molecule has 5 N–H and O–H groups in total. The highest BCUT2D eigenvalue weighted by Crippen LogP contribution is 2.19. The molecule has 10 heteroatoms. The van der Waals surface area contributed by atoms with Crippen molar-refractivity contribution in [3.05, 3.63) is 29.8 Å². The van der Waals surface area contributed by atoms with E-state index in [1.54, 1.807) is 45.0 Å². The number of esters is 1. The van der Waals surface area contributed by atoms with Crippen molar-refractivity contribution in [1.29, 1.82) is 0 Å². The number of primary amides is 1. The molecule has 0 aromatic heterocycles. The van der Waals surface area contributed by atoms with Gasteiger partial charge in [-0.1, -0.05) is 12.1 Å². The van der Waals surface area contributed by atoms with Gasteiger partial charge >= 0.3 is 18.0 Å². The van der Waals surface area contributed by atoms with Gasteiger partial charge in [0.25, 0.3) is 0 Å². The summed E-state index contributed by atoms with van der Waals surface area (Å²) < 4.78 is 5.26. The fourth-order valence-electron chi connectivity index (χ4n) is 2.80. The minimum atomic E-state index is -1.08. The van der Waals surface area contributed by atoms with Gasteiger partial charge in [0.05, 0.1) is 11.8 Å². The number of nitrogens with two attached hydrogens (primary N) is 1. The van der Waals surface area contributed by atoms with Gasteiger partial charge in [-0.3, -0.25) is 19.2 Å². The average molecular weight is 464 g/mol. The number of hydrogen-bond acceptors (Lipinski definition) is 6. The van der Waals surface area contributed by atoms with E-state index in [1.165, 1.54) is 0 Å². The van der Waals surface area contributed by atoms with Crippen LogP contribution in [0.2, 0.25) is 0 Å². The van der Waals surface area contributed by atoms with Crippen molar-refractivity contribution in [2.45, 2.75) is 59.5 Å². The number of carbonyl (C=O) groups excluding carboxylic acids is 4. The van der Waals surface area contributed by atoms with Gasteiger partial charge < -0.3 is 26.2 Å². The molecule has 1 aromatic carbocycles. The molecule has 0 radical (unpaired) electrons. The number of ketones is 1. The topological polar surface area (TPSA) is 165 Å². The van der Waals surface area contributed by atoms with Crippen molar-refractivity contribution in [3.63, 3.8) is 0 Å². The summed E-state index contributed by atoms with van der Waals surface area (Å²) >= 11 is 0. The molecule has 0 fully saturated rings. The van der Waals surface area contributed by atoms with Gasteiger partial charge in [-0.25, -0.2) is 4.79 Å². The predicted octanol–water partition coefficient (Wildman–Crippen LogP) is 2.60. The fourth-order valence-corrected chi connectivity index (χ4v) is 2.80. The van der Waals surface area contributed by atoms with Crippen molar-refractivity contribution >= 4 is 35.3 Å². The number of carbonyl (C=O) groups is 5. The van der Waals surface area contributed by atoms with Crippen molar-refractivity contribution in [2.75, 3.05) is 11.9 Å². The number of rotatable bonds is 13. The first kappa shape index (κ1) is 27.6. The summed E-state index contributed by atoms with van der Waals surface area (Å²) in [6.45, 7) is 5.66. The number of benzene rings is 1. The lowest BCUT2D eigenvalue weighted by molar-refractivity contribution is -0.154. The standard InChI is InChI=1S/C23H33N3O7/c1-23(2,3)21(31)33-14-15-6-8-17(9-7-15)26-20(30)16(5-4-12-25-22(24)32)13-18(27)10-11-19(28)29/h6-9,16H,4-5,10-14H2,1-3H3,(H,26,30)(H,28,29)(H3,24,25,32)/t16-/m1/s1. The van der Waals surface area contributed by atoms with Crippen LogP contribution in [0.4, 0.5) is 10.5 Å². The number of Topliss-reactive ketones (excluding diaryl/α,β-unsaturated/α-hetero) is 1. The Labute approximate surface area is 193 Å². The summed E-state index contributed by atoms with van der Waals surface area (Å²) in [6, 6.07) is 6.08. The molecule has 33 heavy (non-hydrogen) atoms. The molecule has 1 aromatic rings. The number of amides is 3. The minimum Gasteiger partial charge on any atom is -0.481 e. The van der Waals surface area contributed by atoms with E-state index in [4.69, 9.17) is 15.6 Å². The highest BCUT2D eigenvalue weighted by molar-refractivity contribution is 5.95. The molecule has 0 aliphatic heterocycles. The molecule has 0 saturated heterocycles. The Kier molecular flexibility index (Phi) is 11.0. The monoisotopic (exact) mass is 463 g/mol. The van der Waals surface area contributed by atoms with Gasteiger partial charge in [-0.2, -0.15) is 0 Å². The Balaban J connectivity index is 2.71. The van der Waals surface area contributed by atoms with Gasteiger partial charge in [-0.05, 0) is 51.3 Å². The van der Waals surface area contributed by atoms with Gasteiger partial charge in [0.2, 0.25) is 5.91 Å². The molecule has 182 valence electrons. The number of aliphatic carboxylic acids is 1. The lowest BCUT2D eigenvalue weighted by atomic mass is 9.94. The van der Waals surface area contributed by atoms with Crippen LogP contribution in [0, 0.1) is 11.3 Å². The van der Waals surface area contributed by atoms with Crippen LogP contribution in [-0.4, -0.2) is 41.3 Å². The summed E-state index contributed by atoms with van der Waals surface area (Å²) in [5, 5.41) is 13.9. The molecule has 0 aliphatic carbocycles. The Hall–Kier alpha value is -3.43. The third-order valence-corrected chi connectivity index (χ3v) is 4.69. The van der Waals surface area contributed by atoms with Crippen LogP contribution in [-0.2, 0) is 30.5 Å². The zero-order chi connectivity index (χ0) is 25.0. The molecular formula is C23H33N3O7. The normalized spacial score (nSPS) is 11.8. The van der Waals surface area contributed by atoms with Crippen LogP contribution in [0.5, 0.6) is 0 Å². The number of urea groups is 1. The van der Waals surface area contributed by atoms with E-state index in [0.29, 0.717) is 18.5 Å². The summed E-state index contributed by atoms with van der Waals surface area (Å²) in [4.78, 5) is 58.2. The van der Waals surface area contributed by atoms with Crippen molar-refractivity contribution in [1.82, 2.24) is 5.32 Å². The van der Waals surface area contributed by atoms with Crippen LogP contribution in [0.25, 0.3) is 0 Å². The van der Waals surface area contributed by atoms with Crippen molar-refractivity contribution in [3.8, 4) is 0 Å². The molecule has 1 rings (SSSR count). The minimum absolute atomic E-state index is 0.101. The zero-order valence-electron chi connectivity index (χ0n) is 19.3. The van der Waals surface area contributed by atoms with Crippen LogP contribution in [0.1, 0.15) is 58.4 Å². The van der Waals surface area contributed by atoms with E-state index in [1.807, 2.05) is 0 Å². The Morgan fingerprint density at radius 3 is 2.24 bits per heavy atom. The number of anilines is 1. The average Bonchev–Trinajstić information content (AvgIpc) is 2.72. The highest BCUT2D eigenvalue weighted by atomic mass is 16.5. The predicted molar refractivity (Wildman–Crippen MR) is 121 cm³/mol. The van der Waals surface area contributed by atoms with Crippen LogP contribution >= 0.6 is 0 Å². The molecule has 1 atom stereocenters. The van der Waals surface area contributed by atoms with Crippen LogP contribution < -0.4 is 16.4 Å². The summed E-state index contributed by atoms with van der Waals surface area (Å²) in [6.07, 6.45) is 0.186. The number of carboxylic acid groups (broad SMARTS) is 1. The number of carboxylic acids is 1. The molecule has 0 spiro atoms. The van der Waals surface area contributed by atoms with E-state index in [0.717, 1.165) is 5.56 Å². The maximum atomic E-state index is 12.8. The van der Waals surface area contributed by atoms with E-state index in [2.05, 4.69) is 10.6 Å². The lowest BCUT2D eigenvalue weighted by Gasteiger charge is -2.17. The van der Waals surface area contributed by atoms with Crippen molar-refractivity contribution < 1.29 is 33.8 Å². The molecular weight excluding hydrogens is 430 g/mol. The van der Waals surface area contributed by atoms with E-state index in [-0.39, 0.29) is 50.1 Å². The van der Waals surface area contributed by atoms with Gasteiger partial charge in [0.15, 0.2) is 0 Å². The van der Waals surface area contributed by atoms with Crippen molar-refractivity contribution in [2.24, 2.45) is 17.1 Å². The van der Waals surface area contributed by atoms with Gasteiger partial charge in [-0.15, -0.1) is 0 Å². The largest absolute Gasteiger partial charge is 0.481 e. The smallest absolute Gasteiger partial charge is 0.312 e. The first-order valence-corrected chi connectivity index (χ1v) is 10.7. The second kappa shape index (κ2) is 13.2. The summed E-state index contributed by atoms with van der Waals surface area (Å²) in [5.41, 5.74) is 5.68. The molecule has 0 bridgehead atoms. The Morgan fingerprint density at radius 1 is 1.06 bits per heavy atom. The van der Waals surface area contributed by atoms with E-state index in [9.17, 15) is 24.0 Å². The number of hydrogen-bond donors (Lipinski definition) is 4. The fraction of sp³-hybridized carbons (Fsp3) is 0.522. The molecule has 0 heterocycles. The lowest BCUT2D eigenvalue weighted by Crippen LogP contribution is -2.31. The molecule has 0 saturated carbocycles. The Morgan fingerprint density at radius 2 is 1.70 bits per heavy atom. The third kappa shape index (κ3) is 11.7. The van der Waals surface area contributed by atoms with Gasteiger partial charge in [0.1, 0.15) is 12.4 Å². The highest BCUT2D eigenvalue weighted by Gasteiger charge is 2.24. The summed E-state index contributed by atoms with van der Waals surface area (Å²) in [5.74, 6) is -2.79. The second-order valence-corrected chi connectivity index (χ2v) is 8.78. The summed E-state index contributed by atoms with van der Waals surface area (Å²) in [7, 11) is 0. The zero-order valence-corrected chi connectivity index (χ0v) is 19.3. The van der Waals surface area contributed by atoms with Crippen LogP contribution in [0.15, 0.2) is 24.3 Å². The molecule has 0 unspecified atom stereocenters. The van der Waals surface area contributed by atoms with E-state index < -0.39 is 23.3 Å². The van der Waals surface area contributed by atoms with E-state index >= 15 is 0 Å². The number of ether oxygens (including phenoxy) is 1. The second-order valence-electron chi connectivity index (χ2n) is 8.78. The third-order valence-electron chi connectivity index (χ3n) is 4.69. The quantitative estimate of drug-likeness (QED) is 0.258. The van der Waals surface area contributed by atoms with Crippen LogP contribution in [0.3, 0.4) is 0 Å². The molecule has 0 aliphatic rings. The van der Waals surface area contributed by atoms with Gasteiger partial charge in [0, 0.05) is 31.0 Å².